The number of benzene rings is 2. The molecular formula is C15H15ClN2O3. The highest BCUT2D eigenvalue weighted by Gasteiger charge is 2.13. The maximum atomic E-state index is 11.0. The number of halogens is 1. The summed E-state index contributed by atoms with van der Waals surface area (Å²) in [5.74, 6) is 0.793. The van der Waals surface area contributed by atoms with Gasteiger partial charge in [0.1, 0.15) is 11.4 Å². The lowest BCUT2D eigenvalue weighted by molar-refractivity contribution is -0.384. The Balaban J connectivity index is 2.03. The van der Waals surface area contributed by atoms with Gasteiger partial charge in [-0.2, -0.15) is 0 Å². The zero-order chi connectivity index (χ0) is 15.2. The molecule has 0 atom stereocenters. The van der Waals surface area contributed by atoms with Crippen molar-refractivity contribution >= 4 is 23.0 Å². The second kappa shape index (κ2) is 6.95. The number of hydrogen-bond donors (Lipinski definition) is 1. The van der Waals surface area contributed by atoms with Gasteiger partial charge in [0.2, 0.25) is 0 Å². The Morgan fingerprint density at radius 2 is 2.10 bits per heavy atom. The van der Waals surface area contributed by atoms with Gasteiger partial charge in [-0.05, 0) is 36.2 Å². The Morgan fingerprint density at radius 1 is 1.29 bits per heavy atom. The summed E-state index contributed by atoms with van der Waals surface area (Å²) >= 11 is 5.88. The van der Waals surface area contributed by atoms with Crippen LogP contribution in [0.25, 0.3) is 0 Å². The topological polar surface area (TPSA) is 64.4 Å². The van der Waals surface area contributed by atoms with Crippen molar-refractivity contribution in [3.63, 3.8) is 0 Å². The lowest BCUT2D eigenvalue weighted by Gasteiger charge is -2.08. The van der Waals surface area contributed by atoms with Gasteiger partial charge in [-0.1, -0.05) is 23.7 Å². The molecule has 5 nitrogen and oxygen atoms in total. The van der Waals surface area contributed by atoms with Gasteiger partial charge >= 0.3 is 0 Å². The third-order valence-electron chi connectivity index (χ3n) is 3.02. The number of nitrogens with zero attached hydrogens (tertiary/aromatic N) is 1. The van der Waals surface area contributed by atoms with E-state index in [1.54, 1.807) is 13.2 Å². The molecule has 110 valence electrons. The summed E-state index contributed by atoms with van der Waals surface area (Å²) in [5.41, 5.74) is 1.53. The molecule has 0 saturated carbocycles. The molecule has 2 aromatic carbocycles. The van der Waals surface area contributed by atoms with Crippen molar-refractivity contribution in [1.29, 1.82) is 0 Å². The first-order valence-corrected chi connectivity index (χ1v) is 6.78. The van der Waals surface area contributed by atoms with Crippen LogP contribution in [0, 0.1) is 10.1 Å². The zero-order valence-corrected chi connectivity index (χ0v) is 12.3. The zero-order valence-electron chi connectivity index (χ0n) is 11.5. The summed E-state index contributed by atoms with van der Waals surface area (Å²) in [7, 11) is 1.62. The first kappa shape index (κ1) is 15.1. The van der Waals surface area contributed by atoms with E-state index in [9.17, 15) is 10.1 Å². The van der Waals surface area contributed by atoms with Crippen LogP contribution >= 0.6 is 11.6 Å². The fourth-order valence-electron chi connectivity index (χ4n) is 1.98. The molecule has 0 aliphatic rings. The lowest BCUT2D eigenvalue weighted by Crippen LogP contribution is -2.07. The molecule has 6 heteroatoms. The highest BCUT2D eigenvalue weighted by atomic mass is 35.5. The highest BCUT2D eigenvalue weighted by Crippen LogP contribution is 2.27. The van der Waals surface area contributed by atoms with Crippen molar-refractivity contribution in [2.24, 2.45) is 0 Å². The molecule has 0 bridgehead atoms. The number of hydrogen-bond acceptors (Lipinski definition) is 4. The van der Waals surface area contributed by atoms with Crippen LogP contribution in [-0.2, 0) is 6.42 Å². The quantitative estimate of drug-likeness (QED) is 0.649. The fraction of sp³-hybridized carbons (Fsp3) is 0.200. The molecule has 0 radical (unpaired) electrons. The van der Waals surface area contributed by atoms with E-state index < -0.39 is 4.92 Å². The van der Waals surface area contributed by atoms with Crippen molar-refractivity contribution in [3.05, 3.63) is 63.2 Å². The van der Waals surface area contributed by atoms with Gasteiger partial charge in [-0.15, -0.1) is 0 Å². The van der Waals surface area contributed by atoms with Gasteiger partial charge in [0.05, 0.1) is 12.0 Å². The first-order chi connectivity index (χ1) is 10.1. The largest absolute Gasteiger partial charge is 0.497 e. The molecule has 0 aromatic heterocycles. The van der Waals surface area contributed by atoms with Crippen LogP contribution in [0.15, 0.2) is 42.5 Å². The van der Waals surface area contributed by atoms with E-state index in [0.717, 1.165) is 17.7 Å². The van der Waals surface area contributed by atoms with Crippen LogP contribution in [0.5, 0.6) is 5.75 Å². The molecule has 0 amide bonds. The Bertz CT molecular complexity index is 647. The van der Waals surface area contributed by atoms with Crippen LogP contribution < -0.4 is 10.1 Å². The maximum Gasteiger partial charge on any atom is 0.292 e. The van der Waals surface area contributed by atoms with E-state index in [2.05, 4.69) is 5.32 Å². The van der Waals surface area contributed by atoms with Crippen LogP contribution in [0.1, 0.15) is 5.56 Å². The Hall–Kier alpha value is -2.27. The van der Waals surface area contributed by atoms with Gasteiger partial charge in [0, 0.05) is 17.6 Å². The predicted octanol–water partition coefficient (Wildman–Crippen LogP) is 3.91. The summed E-state index contributed by atoms with van der Waals surface area (Å²) in [6, 6.07) is 12.2. The minimum atomic E-state index is -0.426. The number of ether oxygens (including phenoxy) is 1. The van der Waals surface area contributed by atoms with Crippen LogP contribution in [-0.4, -0.2) is 18.6 Å². The third-order valence-corrected chi connectivity index (χ3v) is 3.25. The number of rotatable bonds is 6. The lowest BCUT2D eigenvalue weighted by atomic mass is 10.1. The molecule has 0 heterocycles. The SMILES string of the molecule is COc1cccc(CCNc2cc(Cl)ccc2[N+](=O)[O-])c1. The second-order valence-corrected chi connectivity index (χ2v) is 4.88. The third kappa shape index (κ3) is 4.10. The van der Waals surface area contributed by atoms with Crippen LogP contribution in [0.2, 0.25) is 5.02 Å². The van der Waals surface area contributed by atoms with Crippen molar-refractivity contribution < 1.29 is 9.66 Å². The molecule has 0 saturated heterocycles. The van der Waals surface area contributed by atoms with Crippen molar-refractivity contribution in [2.75, 3.05) is 19.0 Å². The van der Waals surface area contributed by atoms with E-state index in [1.165, 1.54) is 12.1 Å². The normalized spacial score (nSPS) is 10.2. The van der Waals surface area contributed by atoms with E-state index in [4.69, 9.17) is 16.3 Å². The number of nitro groups is 1. The number of nitro benzene ring substituents is 1. The van der Waals surface area contributed by atoms with Crippen molar-refractivity contribution in [3.8, 4) is 5.75 Å². The highest BCUT2D eigenvalue weighted by molar-refractivity contribution is 6.31. The van der Waals surface area contributed by atoms with E-state index in [1.807, 2.05) is 24.3 Å². The molecule has 0 fully saturated rings. The minimum absolute atomic E-state index is 0.0186. The fourth-order valence-corrected chi connectivity index (χ4v) is 2.15. The summed E-state index contributed by atoms with van der Waals surface area (Å²) in [4.78, 5) is 10.5. The van der Waals surface area contributed by atoms with Crippen LogP contribution in [0.3, 0.4) is 0 Å². The Labute approximate surface area is 127 Å². The van der Waals surface area contributed by atoms with Gasteiger partial charge in [0.25, 0.3) is 5.69 Å². The predicted molar refractivity (Wildman–Crippen MR) is 83.3 cm³/mol. The number of nitrogens with one attached hydrogen (secondary N) is 1. The summed E-state index contributed by atoms with van der Waals surface area (Å²) in [5, 5.41) is 14.5. The van der Waals surface area contributed by atoms with Crippen molar-refractivity contribution in [2.45, 2.75) is 6.42 Å². The van der Waals surface area contributed by atoms with Crippen molar-refractivity contribution in [1.82, 2.24) is 0 Å². The summed E-state index contributed by atoms with van der Waals surface area (Å²) in [6.07, 6.45) is 0.723. The van der Waals surface area contributed by atoms with E-state index in [-0.39, 0.29) is 5.69 Å². The molecule has 1 N–H and O–H groups in total. The van der Waals surface area contributed by atoms with Gasteiger partial charge in [-0.25, -0.2) is 0 Å². The smallest absolute Gasteiger partial charge is 0.292 e. The molecular weight excluding hydrogens is 292 g/mol. The van der Waals surface area contributed by atoms with Gasteiger partial charge in [0.15, 0.2) is 0 Å². The Kier molecular flexibility index (Phi) is 5.00. The maximum absolute atomic E-state index is 11.0. The second-order valence-electron chi connectivity index (χ2n) is 4.45. The minimum Gasteiger partial charge on any atom is -0.497 e. The monoisotopic (exact) mass is 306 g/mol. The molecule has 0 unspecified atom stereocenters. The molecule has 21 heavy (non-hydrogen) atoms. The summed E-state index contributed by atoms with van der Waals surface area (Å²) in [6.45, 7) is 0.564. The average Bonchev–Trinajstić information content (AvgIpc) is 2.47. The standard InChI is InChI=1S/C15H15ClN2O3/c1-21-13-4-2-3-11(9-13)7-8-17-14-10-12(16)5-6-15(14)18(19)20/h2-6,9-10,17H,7-8H2,1H3. The van der Waals surface area contributed by atoms with Crippen LogP contribution in [0.4, 0.5) is 11.4 Å². The molecule has 2 rings (SSSR count). The molecule has 2 aromatic rings. The number of anilines is 1. The van der Waals surface area contributed by atoms with Gasteiger partial charge < -0.3 is 10.1 Å². The molecule has 0 aliphatic heterocycles. The number of methoxy groups -OCH3 is 1. The molecule has 0 aliphatic carbocycles. The van der Waals surface area contributed by atoms with E-state index in [0.29, 0.717) is 17.3 Å². The molecule has 0 spiro atoms. The van der Waals surface area contributed by atoms with E-state index >= 15 is 0 Å². The Morgan fingerprint density at radius 3 is 2.81 bits per heavy atom. The first-order valence-electron chi connectivity index (χ1n) is 6.41. The van der Waals surface area contributed by atoms with Gasteiger partial charge in [-0.3, -0.25) is 10.1 Å². The average molecular weight is 307 g/mol. The summed E-state index contributed by atoms with van der Waals surface area (Å²) < 4.78 is 5.16.